The molecule has 1 aromatic carbocycles. The number of benzene rings is 1. The number of hydrogen-bond acceptors (Lipinski definition) is 5. The quantitative estimate of drug-likeness (QED) is 0.445. The van der Waals surface area contributed by atoms with Crippen molar-refractivity contribution >= 4 is 11.9 Å². The molecule has 210 valence electrons. The van der Waals surface area contributed by atoms with Gasteiger partial charge in [-0.05, 0) is 79.7 Å². The van der Waals surface area contributed by atoms with Crippen molar-refractivity contribution in [2.45, 2.75) is 89.5 Å². The van der Waals surface area contributed by atoms with E-state index in [-0.39, 0.29) is 19.0 Å². The van der Waals surface area contributed by atoms with E-state index in [2.05, 4.69) is 6.92 Å². The minimum absolute atomic E-state index is 0.191. The normalized spacial score (nSPS) is 26.6. The number of carboxylic acids is 1. The van der Waals surface area contributed by atoms with Crippen LogP contribution in [0.5, 0.6) is 0 Å². The lowest BCUT2D eigenvalue weighted by Gasteiger charge is -2.38. The first-order valence-electron chi connectivity index (χ1n) is 15.1. The first kappa shape index (κ1) is 27.8. The van der Waals surface area contributed by atoms with E-state index in [0.717, 1.165) is 28.9 Å². The summed E-state index contributed by atoms with van der Waals surface area (Å²) in [6.45, 7) is 2.81. The van der Waals surface area contributed by atoms with E-state index < -0.39 is 17.9 Å². The fourth-order valence-electron chi connectivity index (χ4n) is 7.16. The van der Waals surface area contributed by atoms with E-state index in [1.807, 2.05) is 36.7 Å². The molecule has 3 N–H and O–H groups in total. The maximum atomic E-state index is 12.5. The topological polar surface area (TPSA) is 109 Å². The molecule has 39 heavy (non-hydrogen) atoms. The van der Waals surface area contributed by atoms with Gasteiger partial charge in [0.2, 0.25) is 5.91 Å². The fraction of sp³-hybridized carbons (Fsp3) is 0.625. The average Bonchev–Trinajstić information content (AvgIpc) is 2.93. The van der Waals surface area contributed by atoms with E-state index in [0.29, 0.717) is 18.2 Å². The summed E-state index contributed by atoms with van der Waals surface area (Å²) in [6, 6.07) is 7.21. The van der Waals surface area contributed by atoms with Crippen LogP contribution in [0.1, 0.15) is 88.2 Å². The van der Waals surface area contributed by atoms with Gasteiger partial charge in [0, 0.05) is 31.0 Å². The molecule has 7 heteroatoms. The average molecular weight is 533 g/mol. The highest BCUT2D eigenvalue weighted by Gasteiger charge is 2.37. The zero-order valence-electron chi connectivity index (χ0n) is 23.3. The van der Waals surface area contributed by atoms with Crippen molar-refractivity contribution in [2.24, 2.45) is 29.4 Å². The fourth-order valence-corrected chi connectivity index (χ4v) is 7.16. The van der Waals surface area contributed by atoms with Crippen LogP contribution < -0.4 is 5.73 Å². The lowest BCUT2D eigenvalue weighted by Crippen LogP contribution is -2.57. The number of nitrogens with zero attached hydrogens (tertiary/aromatic N) is 3. The zero-order valence-corrected chi connectivity index (χ0v) is 23.3. The van der Waals surface area contributed by atoms with Crippen molar-refractivity contribution in [3.63, 3.8) is 0 Å². The van der Waals surface area contributed by atoms with Gasteiger partial charge < -0.3 is 15.7 Å². The van der Waals surface area contributed by atoms with Gasteiger partial charge in [-0.3, -0.25) is 9.59 Å². The molecule has 1 aromatic heterocycles. The maximum absolute atomic E-state index is 12.5. The van der Waals surface area contributed by atoms with E-state index in [1.54, 1.807) is 0 Å². The summed E-state index contributed by atoms with van der Waals surface area (Å²) < 4.78 is 0. The molecule has 5 rings (SSSR count). The molecule has 1 aliphatic heterocycles. The second-order valence-electron chi connectivity index (χ2n) is 12.3. The van der Waals surface area contributed by atoms with Crippen molar-refractivity contribution in [3.8, 4) is 11.4 Å². The predicted molar refractivity (Wildman–Crippen MR) is 152 cm³/mol. The third-order valence-electron chi connectivity index (χ3n) is 9.70. The summed E-state index contributed by atoms with van der Waals surface area (Å²) in [5.41, 5.74) is 9.29. The van der Waals surface area contributed by atoms with Crippen LogP contribution in [0.15, 0.2) is 36.7 Å². The van der Waals surface area contributed by atoms with E-state index >= 15 is 0 Å². The number of carbonyl (C=O) groups excluding carboxylic acids is 1. The van der Waals surface area contributed by atoms with Crippen molar-refractivity contribution in [2.75, 3.05) is 13.1 Å². The minimum atomic E-state index is -0.860. The first-order chi connectivity index (χ1) is 18.9. The van der Waals surface area contributed by atoms with E-state index in [1.165, 1.54) is 74.7 Å². The van der Waals surface area contributed by atoms with Crippen LogP contribution in [-0.2, 0) is 16.0 Å². The van der Waals surface area contributed by atoms with Crippen molar-refractivity contribution < 1.29 is 14.7 Å². The molecular weight excluding hydrogens is 488 g/mol. The van der Waals surface area contributed by atoms with Crippen LogP contribution in [0.4, 0.5) is 0 Å². The molecule has 1 atom stereocenters. The summed E-state index contributed by atoms with van der Waals surface area (Å²) in [5.74, 6) is 2.62. The van der Waals surface area contributed by atoms with E-state index in [4.69, 9.17) is 20.8 Å². The molecule has 2 aliphatic carbocycles. The molecule has 1 saturated heterocycles. The molecule has 3 fully saturated rings. The second kappa shape index (κ2) is 12.6. The highest BCUT2D eigenvalue weighted by atomic mass is 16.4. The molecule has 2 heterocycles. The Morgan fingerprint density at radius 2 is 1.54 bits per heavy atom. The number of carbonyl (C=O) groups is 2. The van der Waals surface area contributed by atoms with Gasteiger partial charge in [-0.1, -0.05) is 56.9 Å². The Morgan fingerprint density at radius 1 is 0.949 bits per heavy atom. The summed E-state index contributed by atoms with van der Waals surface area (Å²) in [4.78, 5) is 34.4. The number of hydrogen-bond donors (Lipinski definition) is 2. The standard InChI is InChI=1S/C32H44N4O3/c1-2-3-21-4-8-23(9-5-21)24-12-14-25(15-13-24)27-17-34-30(35-18-27)26-10-6-22(7-11-26)16-29(33)31(37)36-19-28(20-36)32(38)39/h6-7,10-11,17-18,21,23-25,28-29H,2-5,8-9,12-16,19-20,33H2,1H3,(H,38,39)/t21?,23?,24?,25?,29-/m0/s1. The summed E-state index contributed by atoms with van der Waals surface area (Å²) in [5, 5.41) is 9.00. The summed E-state index contributed by atoms with van der Waals surface area (Å²) in [7, 11) is 0. The number of nitrogens with two attached hydrogens (primary N) is 1. The number of carboxylic acid groups (broad SMARTS) is 1. The monoisotopic (exact) mass is 532 g/mol. The van der Waals surface area contributed by atoms with Gasteiger partial charge in [-0.2, -0.15) is 0 Å². The Balaban J connectivity index is 1.09. The Kier molecular flexibility index (Phi) is 8.96. The number of rotatable bonds is 9. The third kappa shape index (κ3) is 6.68. The lowest BCUT2D eigenvalue weighted by molar-refractivity contribution is -0.153. The molecule has 3 aliphatic rings. The smallest absolute Gasteiger partial charge is 0.310 e. The van der Waals surface area contributed by atoms with Gasteiger partial charge in [-0.25, -0.2) is 9.97 Å². The largest absolute Gasteiger partial charge is 0.481 e. The number of aromatic nitrogens is 2. The third-order valence-corrected chi connectivity index (χ3v) is 9.70. The molecule has 0 bridgehead atoms. The Hall–Kier alpha value is -2.80. The molecule has 0 radical (unpaired) electrons. The highest BCUT2D eigenvalue weighted by molar-refractivity contribution is 5.85. The molecule has 7 nitrogen and oxygen atoms in total. The maximum Gasteiger partial charge on any atom is 0.310 e. The molecule has 0 unspecified atom stereocenters. The summed E-state index contributed by atoms with van der Waals surface area (Å²) in [6.07, 6.45) is 18.2. The van der Waals surface area contributed by atoms with Crippen LogP contribution >= 0.6 is 0 Å². The molecule has 0 spiro atoms. The van der Waals surface area contributed by atoms with Gasteiger partial charge in [0.05, 0.1) is 12.0 Å². The molecule has 2 saturated carbocycles. The number of likely N-dealkylation sites (tertiary alicyclic amines) is 1. The first-order valence-corrected chi connectivity index (χ1v) is 15.1. The number of amides is 1. The SMILES string of the molecule is CCCC1CCC(C2CCC(c3cnc(-c4ccc(C[C@H](N)C(=O)N5CC(C(=O)O)C5)cc4)nc3)CC2)CC1. The van der Waals surface area contributed by atoms with Crippen LogP contribution in [0.25, 0.3) is 11.4 Å². The Bertz CT molecular complexity index is 1100. The minimum Gasteiger partial charge on any atom is -0.481 e. The lowest BCUT2D eigenvalue weighted by atomic mass is 9.68. The second-order valence-corrected chi connectivity index (χ2v) is 12.3. The van der Waals surface area contributed by atoms with Gasteiger partial charge in [0.1, 0.15) is 0 Å². The van der Waals surface area contributed by atoms with Gasteiger partial charge in [0.25, 0.3) is 0 Å². The molecule has 2 aromatic rings. The van der Waals surface area contributed by atoms with Gasteiger partial charge in [0.15, 0.2) is 5.82 Å². The van der Waals surface area contributed by atoms with Gasteiger partial charge >= 0.3 is 5.97 Å². The van der Waals surface area contributed by atoms with Crippen LogP contribution in [-0.4, -0.2) is 51.0 Å². The molecule has 1 amide bonds. The zero-order chi connectivity index (χ0) is 27.4. The van der Waals surface area contributed by atoms with Crippen LogP contribution in [0.2, 0.25) is 0 Å². The Morgan fingerprint density at radius 3 is 2.10 bits per heavy atom. The highest BCUT2D eigenvalue weighted by Crippen LogP contribution is 2.44. The van der Waals surface area contributed by atoms with Gasteiger partial charge in [-0.15, -0.1) is 0 Å². The Labute approximate surface area is 232 Å². The molecular formula is C32H44N4O3. The van der Waals surface area contributed by atoms with E-state index in [9.17, 15) is 9.59 Å². The van der Waals surface area contributed by atoms with Crippen LogP contribution in [0, 0.1) is 23.7 Å². The van der Waals surface area contributed by atoms with Crippen molar-refractivity contribution in [3.05, 3.63) is 47.8 Å². The van der Waals surface area contributed by atoms with Crippen molar-refractivity contribution in [1.29, 1.82) is 0 Å². The van der Waals surface area contributed by atoms with Crippen LogP contribution in [0.3, 0.4) is 0 Å². The van der Waals surface area contributed by atoms with Crippen molar-refractivity contribution in [1.82, 2.24) is 14.9 Å². The predicted octanol–water partition coefficient (Wildman–Crippen LogP) is 5.44. The summed E-state index contributed by atoms with van der Waals surface area (Å²) >= 11 is 0. The number of aliphatic carboxylic acids is 1.